The van der Waals surface area contributed by atoms with Gasteiger partial charge in [0.2, 0.25) is 0 Å². The van der Waals surface area contributed by atoms with E-state index in [0.717, 1.165) is 32.7 Å². The average molecular weight is 300 g/mol. The lowest BCUT2D eigenvalue weighted by Crippen LogP contribution is -2.43. The SMILES string of the molecule is Cl.Cl.O.O=C1C=C(CCN2CCNCC2)C(=O)N1. The zero-order valence-electron chi connectivity index (χ0n) is 9.90. The van der Waals surface area contributed by atoms with Crippen LogP contribution in [0.25, 0.3) is 0 Å². The molecule has 0 aliphatic carbocycles. The van der Waals surface area contributed by atoms with Crippen molar-refractivity contribution in [2.75, 3.05) is 32.7 Å². The van der Waals surface area contributed by atoms with Crippen molar-refractivity contribution in [1.29, 1.82) is 0 Å². The van der Waals surface area contributed by atoms with Gasteiger partial charge in [-0.2, -0.15) is 0 Å². The summed E-state index contributed by atoms with van der Waals surface area (Å²) in [6.07, 6.45) is 2.07. The first-order valence-corrected chi connectivity index (χ1v) is 5.24. The molecule has 0 aromatic heterocycles. The van der Waals surface area contributed by atoms with E-state index in [-0.39, 0.29) is 42.1 Å². The lowest BCUT2D eigenvalue weighted by Gasteiger charge is -2.26. The maximum atomic E-state index is 11.2. The van der Waals surface area contributed by atoms with Gasteiger partial charge in [-0.05, 0) is 6.42 Å². The number of carbonyl (C=O) groups excluding carboxylic acids is 2. The molecule has 8 heteroatoms. The Kier molecular flexibility index (Phi) is 10.2. The highest BCUT2D eigenvalue weighted by Crippen LogP contribution is 2.08. The second-order valence-corrected chi connectivity index (χ2v) is 3.83. The van der Waals surface area contributed by atoms with Gasteiger partial charge in [-0.25, -0.2) is 0 Å². The standard InChI is InChI=1S/C10H15N3O2.2ClH.H2O/c14-9-7-8(10(15)12-9)1-4-13-5-2-11-3-6-13;;;/h7,11H,1-6H2,(H,12,14,15);2*1H;1H2. The fourth-order valence-electron chi connectivity index (χ4n) is 1.85. The lowest BCUT2D eigenvalue weighted by molar-refractivity contribution is -0.123. The molecule has 1 fully saturated rings. The molecular weight excluding hydrogens is 281 g/mol. The van der Waals surface area contributed by atoms with Crippen molar-refractivity contribution < 1.29 is 15.1 Å². The van der Waals surface area contributed by atoms with Crippen molar-refractivity contribution in [3.63, 3.8) is 0 Å². The number of imide groups is 1. The van der Waals surface area contributed by atoms with Gasteiger partial charge in [-0.1, -0.05) is 0 Å². The molecule has 0 aromatic carbocycles. The van der Waals surface area contributed by atoms with Crippen molar-refractivity contribution in [2.45, 2.75) is 6.42 Å². The van der Waals surface area contributed by atoms with Gasteiger partial charge in [-0.15, -0.1) is 24.8 Å². The molecule has 2 amide bonds. The maximum absolute atomic E-state index is 11.2. The molecule has 2 aliphatic heterocycles. The van der Waals surface area contributed by atoms with E-state index in [2.05, 4.69) is 15.5 Å². The fourth-order valence-corrected chi connectivity index (χ4v) is 1.85. The van der Waals surface area contributed by atoms with Crippen LogP contribution >= 0.6 is 24.8 Å². The summed E-state index contributed by atoms with van der Waals surface area (Å²) in [4.78, 5) is 24.4. The lowest BCUT2D eigenvalue weighted by atomic mass is 10.2. The molecule has 106 valence electrons. The van der Waals surface area contributed by atoms with Gasteiger partial charge >= 0.3 is 0 Å². The van der Waals surface area contributed by atoms with Crippen molar-refractivity contribution in [1.82, 2.24) is 15.5 Å². The highest BCUT2D eigenvalue weighted by molar-refractivity contribution is 6.16. The summed E-state index contributed by atoms with van der Waals surface area (Å²) < 4.78 is 0. The second-order valence-electron chi connectivity index (χ2n) is 3.83. The van der Waals surface area contributed by atoms with Crippen molar-refractivity contribution in [3.8, 4) is 0 Å². The Morgan fingerprint density at radius 3 is 2.28 bits per heavy atom. The quantitative estimate of drug-likeness (QED) is 0.646. The molecule has 2 aliphatic rings. The van der Waals surface area contributed by atoms with E-state index in [9.17, 15) is 9.59 Å². The smallest absolute Gasteiger partial charge is 0.254 e. The summed E-state index contributed by atoms with van der Waals surface area (Å²) >= 11 is 0. The molecule has 0 spiro atoms. The molecule has 2 heterocycles. The number of rotatable bonds is 3. The molecule has 0 bridgehead atoms. The molecule has 0 radical (unpaired) electrons. The van der Waals surface area contributed by atoms with Gasteiger partial charge in [0.15, 0.2) is 0 Å². The minimum Gasteiger partial charge on any atom is -0.412 e. The van der Waals surface area contributed by atoms with Crippen LogP contribution in [0.15, 0.2) is 11.6 Å². The van der Waals surface area contributed by atoms with Gasteiger partial charge < -0.3 is 15.7 Å². The van der Waals surface area contributed by atoms with E-state index < -0.39 is 0 Å². The highest BCUT2D eigenvalue weighted by atomic mass is 35.5. The number of halogens is 2. The predicted octanol–water partition coefficient (Wildman–Crippen LogP) is -1.12. The number of amides is 2. The van der Waals surface area contributed by atoms with Gasteiger partial charge in [0.1, 0.15) is 0 Å². The maximum Gasteiger partial charge on any atom is 0.254 e. The van der Waals surface area contributed by atoms with Crippen LogP contribution in [0.3, 0.4) is 0 Å². The summed E-state index contributed by atoms with van der Waals surface area (Å²) in [6, 6.07) is 0. The van der Waals surface area contributed by atoms with Crippen LogP contribution < -0.4 is 10.6 Å². The molecule has 2 rings (SSSR count). The van der Waals surface area contributed by atoms with Crippen molar-refractivity contribution in [2.24, 2.45) is 0 Å². The molecule has 0 unspecified atom stereocenters. The molecular formula is C10H19Cl2N3O3. The number of nitrogens with zero attached hydrogens (tertiary/aromatic N) is 1. The Morgan fingerprint density at radius 1 is 1.17 bits per heavy atom. The number of nitrogens with one attached hydrogen (secondary N) is 2. The molecule has 1 saturated heterocycles. The van der Waals surface area contributed by atoms with Crippen LogP contribution in [-0.2, 0) is 9.59 Å². The van der Waals surface area contributed by atoms with Crippen LogP contribution in [0.5, 0.6) is 0 Å². The minimum atomic E-state index is -0.282. The minimum absolute atomic E-state index is 0. The number of piperazine rings is 1. The molecule has 4 N–H and O–H groups in total. The topological polar surface area (TPSA) is 92.9 Å². The third kappa shape index (κ3) is 5.32. The number of carbonyl (C=O) groups is 2. The summed E-state index contributed by atoms with van der Waals surface area (Å²) in [5.41, 5.74) is 0.610. The van der Waals surface area contributed by atoms with E-state index in [4.69, 9.17) is 0 Å². The van der Waals surface area contributed by atoms with E-state index >= 15 is 0 Å². The van der Waals surface area contributed by atoms with Crippen LogP contribution in [0, 0.1) is 0 Å². The Labute approximate surface area is 118 Å². The first-order valence-electron chi connectivity index (χ1n) is 5.24. The van der Waals surface area contributed by atoms with E-state index in [1.807, 2.05) is 0 Å². The summed E-state index contributed by atoms with van der Waals surface area (Å²) in [5.74, 6) is -0.509. The average Bonchev–Trinajstić information content (AvgIpc) is 2.56. The molecule has 0 atom stereocenters. The van der Waals surface area contributed by atoms with Gasteiger partial charge in [0, 0.05) is 44.4 Å². The first-order chi connectivity index (χ1) is 7.25. The van der Waals surface area contributed by atoms with Crippen molar-refractivity contribution >= 4 is 36.6 Å². The zero-order valence-corrected chi connectivity index (χ0v) is 11.5. The summed E-state index contributed by atoms with van der Waals surface area (Å²) in [6.45, 7) is 4.90. The van der Waals surface area contributed by atoms with Crippen LogP contribution in [0.1, 0.15) is 6.42 Å². The Bertz CT molecular complexity index is 317. The third-order valence-electron chi connectivity index (χ3n) is 2.74. The normalized spacial score (nSPS) is 19.0. The van der Waals surface area contributed by atoms with E-state index in [1.54, 1.807) is 0 Å². The third-order valence-corrected chi connectivity index (χ3v) is 2.74. The van der Waals surface area contributed by atoms with Crippen LogP contribution in [0.2, 0.25) is 0 Å². The molecule has 18 heavy (non-hydrogen) atoms. The molecule has 0 saturated carbocycles. The Balaban J connectivity index is 0. The van der Waals surface area contributed by atoms with Crippen LogP contribution in [0.4, 0.5) is 0 Å². The highest BCUT2D eigenvalue weighted by Gasteiger charge is 2.21. The second kappa shape index (κ2) is 9.29. The molecule has 0 aromatic rings. The fraction of sp³-hybridized carbons (Fsp3) is 0.600. The Hall–Kier alpha value is -0.660. The Morgan fingerprint density at radius 2 is 1.78 bits per heavy atom. The largest absolute Gasteiger partial charge is 0.412 e. The van der Waals surface area contributed by atoms with Crippen LogP contribution in [-0.4, -0.2) is 54.9 Å². The van der Waals surface area contributed by atoms with E-state index in [1.165, 1.54) is 6.08 Å². The summed E-state index contributed by atoms with van der Waals surface area (Å²) in [5, 5.41) is 5.52. The van der Waals surface area contributed by atoms with Crippen molar-refractivity contribution in [3.05, 3.63) is 11.6 Å². The monoisotopic (exact) mass is 299 g/mol. The summed E-state index contributed by atoms with van der Waals surface area (Å²) in [7, 11) is 0. The van der Waals surface area contributed by atoms with Gasteiger partial charge in [0.25, 0.3) is 11.8 Å². The van der Waals surface area contributed by atoms with Gasteiger partial charge in [-0.3, -0.25) is 14.9 Å². The number of hydrogen-bond acceptors (Lipinski definition) is 4. The number of hydrogen-bond donors (Lipinski definition) is 2. The predicted molar refractivity (Wildman–Crippen MR) is 73.3 cm³/mol. The van der Waals surface area contributed by atoms with E-state index in [0.29, 0.717) is 12.0 Å². The molecule has 6 nitrogen and oxygen atoms in total. The zero-order chi connectivity index (χ0) is 10.7. The first kappa shape index (κ1) is 19.7. The van der Waals surface area contributed by atoms with Gasteiger partial charge in [0.05, 0.1) is 0 Å².